The summed E-state index contributed by atoms with van der Waals surface area (Å²) in [6, 6.07) is 4.39. The molecular weight excluding hydrogens is 380 g/mol. The average molecular weight is 411 g/mol. The maximum atomic E-state index is 6.07. The average Bonchev–Trinajstić information content (AvgIpc) is 3.12. The Labute approximate surface area is 173 Å². The molecule has 1 aromatic heterocycles. The zero-order valence-corrected chi connectivity index (χ0v) is 18.5. The molecule has 3 rings (SSSR count). The van der Waals surface area contributed by atoms with Gasteiger partial charge in [0.2, 0.25) is 5.95 Å². The lowest BCUT2D eigenvalue weighted by Gasteiger charge is -2.24. The molecule has 0 atom stereocenters. The largest absolute Gasteiger partial charge is 0.430 e. The van der Waals surface area contributed by atoms with Gasteiger partial charge in [0.05, 0.1) is 0 Å². The van der Waals surface area contributed by atoms with E-state index < -0.39 is 0 Å². The minimum Gasteiger partial charge on any atom is -0.430 e. The highest BCUT2D eigenvalue weighted by Gasteiger charge is 2.17. The number of benzene rings is 1. The predicted octanol–water partition coefficient (Wildman–Crippen LogP) is 4.85. The van der Waals surface area contributed by atoms with Crippen LogP contribution in [-0.4, -0.2) is 47.5 Å². The lowest BCUT2D eigenvalue weighted by molar-refractivity contribution is 0.357. The van der Waals surface area contributed by atoms with Gasteiger partial charge in [-0.3, -0.25) is 0 Å². The molecule has 1 aliphatic heterocycles. The molecule has 0 unspecified atom stereocenters. The lowest BCUT2D eigenvalue weighted by Crippen LogP contribution is -2.30. The molecule has 0 bridgehead atoms. The SMILES string of the molecule is CCN(C)CCc1cc(C)c(Oc2nc(N3CCCCC3)ns2)cc1C.Cl. The van der Waals surface area contributed by atoms with Crippen LogP contribution >= 0.6 is 23.9 Å². The molecule has 0 N–H and O–H groups in total. The number of anilines is 1. The van der Waals surface area contributed by atoms with Gasteiger partial charge in [-0.1, -0.05) is 13.0 Å². The topological polar surface area (TPSA) is 41.5 Å². The van der Waals surface area contributed by atoms with Crippen molar-refractivity contribution in [3.63, 3.8) is 0 Å². The van der Waals surface area contributed by atoms with Crippen molar-refractivity contribution in [3.8, 4) is 10.9 Å². The number of halogens is 1. The van der Waals surface area contributed by atoms with Crippen LogP contribution in [0.3, 0.4) is 0 Å². The van der Waals surface area contributed by atoms with Crippen molar-refractivity contribution in [1.29, 1.82) is 0 Å². The summed E-state index contributed by atoms with van der Waals surface area (Å²) >= 11 is 1.34. The van der Waals surface area contributed by atoms with E-state index in [0.717, 1.165) is 49.9 Å². The molecule has 0 amide bonds. The lowest BCUT2D eigenvalue weighted by atomic mass is 10.0. The first-order valence-corrected chi connectivity index (χ1v) is 10.4. The second kappa shape index (κ2) is 10.2. The molecule has 0 spiro atoms. The third kappa shape index (κ3) is 5.80. The third-order valence-corrected chi connectivity index (χ3v) is 5.75. The van der Waals surface area contributed by atoms with Gasteiger partial charge in [0.15, 0.2) is 0 Å². The number of likely N-dealkylation sites (N-methyl/N-ethyl adjacent to an activating group) is 1. The first-order chi connectivity index (χ1) is 12.6. The number of aromatic nitrogens is 2. The van der Waals surface area contributed by atoms with Crippen LogP contribution in [0.5, 0.6) is 10.9 Å². The number of hydrogen-bond donors (Lipinski definition) is 0. The highest BCUT2D eigenvalue weighted by Crippen LogP contribution is 2.31. The van der Waals surface area contributed by atoms with E-state index in [4.69, 9.17) is 4.74 Å². The number of ether oxygens (including phenoxy) is 1. The Balaban J connectivity index is 0.00000261. The Bertz CT molecular complexity index is 731. The molecule has 150 valence electrons. The van der Waals surface area contributed by atoms with Crippen LogP contribution < -0.4 is 9.64 Å². The van der Waals surface area contributed by atoms with Crippen LogP contribution in [0.4, 0.5) is 5.95 Å². The monoisotopic (exact) mass is 410 g/mol. The number of rotatable bonds is 7. The van der Waals surface area contributed by atoms with Crippen LogP contribution in [0.15, 0.2) is 12.1 Å². The van der Waals surface area contributed by atoms with Crippen molar-refractivity contribution in [2.24, 2.45) is 0 Å². The number of piperidine rings is 1. The standard InChI is InChI=1S/C20H30N4OS.ClH/c1-5-23(4)12-9-17-13-16(3)18(14-15(17)2)25-20-21-19(22-26-20)24-10-7-6-8-11-24;/h13-14H,5-12H2,1-4H3;1H. The van der Waals surface area contributed by atoms with Crippen LogP contribution in [0.2, 0.25) is 0 Å². The number of hydrogen-bond acceptors (Lipinski definition) is 6. The van der Waals surface area contributed by atoms with Crippen molar-refractivity contribution in [2.45, 2.75) is 46.5 Å². The molecule has 7 heteroatoms. The Morgan fingerprint density at radius 3 is 2.59 bits per heavy atom. The highest BCUT2D eigenvalue weighted by atomic mass is 35.5. The molecule has 1 saturated heterocycles. The quantitative estimate of drug-likeness (QED) is 0.652. The molecule has 2 heterocycles. The van der Waals surface area contributed by atoms with Gasteiger partial charge in [0.25, 0.3) is 5.19 Å². The number of aryl methyl sites for hydroxylation is 2. The van der Waals surface area contributed by atoms with Gasteiger partial charge in [-0.2, -0.15) is 4.98 Å². The van der Waals surface area contributed by atoms with Gasteiger partial charge in [-0.15, -0.1) is 16.8 Å². The summed E-state index contributed by atoms with van der Waals surface area (Å²) in [5, 5.41) is 0.631. The van der Waals surface area contributed by atoms with E-state index >= 15 is 0 Å². The van der Waals surface area contributed by atoms with Crippen LogP contribution in [0.25, 0.3) is 0 Å². The minimum atomic E-state index is 0. The Kier molecular flexibility index (Phi) is 8.32. The fourth-order valence-electron chi connectivity index (χ4n) is 3.26. The fraction of sp³-hybridized carbons (Fsp3) is 0.600. The molecule has 0 radical (unpaired) electrons. The molecule has 5 nitrogen and oxygen atoms in total. The molecule has 2 aromatic rings. The van der Waals surface area contributed by atoms with E-state index in [0.29, 0.717) is 5.19 Å². The molecular formula is C20H31ClN4OS. The molecule has 0 saturated carbocycles. The first kappa shape index (κ1) is 21.9. The van der Waals surface area contributed by atoms with E-state index in [9.17, 15) is 0 Å². The molecule has 1 aliphatic rings. The first-order valence-electron chi connectivity index (χ1n) is 9.62. The third-order valence-electron chi connectivity index (χ3n) is 5.17. The second-order valence-electron chi connectivity index (χ2n) is 7.20. The van der Waals surface area contributed by atoms with Crippen molar-refractivity contribution in [3.05, 3.63) is 28.8 Å². The molecule has 1 aromatic carbocycles. The Morgan fingerprint density at radius 1 is 1.15 bits per heavy atom. The van der Waals surface area contributed by atoms with Crippen molar-refractivity contribution in [2.75, 3.05) is 38.1 Å². The Morgan fingerprint density at radius 2 is 1.89 bits per heavy atom. The predicted molar refractivity (Wildman–Crippen MR) is 116 cm³/mol. The molecule has 1 fully saturated rings. The van der Waals surface area contributed by atoms with E-state index in [2.05, 4.69) is 59.1 Å². The van der Waals surface area contributed by atoms with Gasteiger partial charge in [-0.25, -0.2) is 0 Å². The van der Waals surface area contributed by atoms with Crippen LogP contribution in [0.1, 0.15) is 42.9 Å². The summed E-state index contributed by atoms with van der Waals surface area (Å²) in [5.41, 5.74) is 3.82. The molecule has 0 aliphatic carbocycles. The summed E-state index contributed by atoms with van der Waals surface area (Å²) in [5.74, 6) is 1.70. The zero-order chi connectivity index (χ0) is 18.5. The highest BCUT2D eigenvalue weighted by molar-refractivity contribution is 7.07. The Hall–Kier alpha value is -1.37. The van der Waals surface area contributed by atoms with Crippen molar-refractivity contribution >= 4 is 29.9 Å². The fourth-order valence-corrected chi connectivity index (χ4v) is 3.82. The van der Waals surface area contributed by atoms with Gasteiger partial charge >= 0.3 is 0 Å². The maximum absolute atomic E-state index is 6.07. The zero-order valence-electron chi connectivity index (χ0n) is 16.8. The van der Waals surface area contributed by atoms with Crippen molar-refractivity contribution < 1.29 is 4.74 Å². The minimum absolute atomic E-state index is 0. The molecule has 27 heavy (non-hydrogen) atoms. The summed E-state index contributed by atoms with van der Waals surface area (Å²) in [7, 11) is 2.16. The van der Waals surface area contributed by atoms with E-state index in [1.165, 1.54) is 41.9 Å². The summed E-state index contributed by atoms with van der Waals surface area (Å²) in [4.78, 5) is 9.20. The summed E-state index contributed by atoms with van der Waals surface area (Å²) in [6.45, 7) is 10.7. The normalized spacial score (nSPS) is 14.3. The number of nitrogens with zero attached hydrogens (tertiary/aromatic N) is 4. The van der Waals surface area contributed by atoms with Crippen LogP contribution in [-0.2, 0) is 6.42 Å². The van der Waals surface area contributed by atoms with E-state index in [1.54, 1.807) is 0 Å². The van der Waals surface area contributed by atoms with Gasteiger partial charge in [0.1, 0.15) is 5.75 Å². The van der Waals surface area contributed by atoms with Crippen molar-refractivity contribution in [1.82, 2.24) is 14.3 Å². The second-order valence-corrected chi connectivity index (χ2v) is 7.91. The maximum Gasteiger partial charge on any atom is 0.300 e. The van der Waals surface area contributed by atoms with Gasteiger partial charge in [0, 0.05) is 31.2 Å². The van der Waals surface area contributed by atoms with E-state index in [-0.39, 0.29) is 12.4 Å². The van der Waals surface area contributed by atoms with Gasteiger partial charge < -0.3 is 14.5 Å². The summed E-state index contributed by atoms with van der Waals surface area (Å²) < 4.78 is 10.6. The van der Waals surface area contributed by atoms with Crippen LogP contribution in [0, 0.1) is 13.8 Å². The summed E-state index contributed by atoms with van der Waals surface area (Å²) in [6.07, 6.45) is 4.82. The van der Waals surface area contributed by atoms with E-state index in [1.807, 2.05) is 0 Å². The van der Waals surface area contributed by atoms with Gasteiger partial charge in [-0.05, 0) is 75.9 Å². The smallest absolute Gasteiger partial charge is 0.300 e.